The third-order valence-electron chi connectivity index (χ3n) is 9.08. The number of halogens is 3. The maximum Gasteiger partial charge on any atom is 0.416 e. The lowest BCUT2D eigenvalue weighted by Gasteiger charge is -2.40. The number of aliphatic hydroxyl groups is 1. The number of hydrogen-bond donors (Lipinski definition) is 1. The Hall–Kier alpha value is -3.11. The van der Waals surface area contributed by atoms with Crippen LogP contribution >= 0.6 is 0 Å². The number of carbonyl (C=O) groups is 2. The molecule has 3 atom stereocenters. The van der Waals surface area contributed by atoms with E-state index in [2.05, 4.69) is 4.90 Å². The van der Waals surface area contributed by atoms with Crippen molar-refractivity contribution in [3.05, 3.63) is 64.7 Å². The Morgan fingerprint density at radius 3 is 2.59 bits per heavy atom. The highest BCUT2D eigenvalue weighted by molar-refractivity contribution is 5.89. The molecule has 1 saturated heterocycles. The minimum absolute atomic E-state index is 0.00742. The van der Waals surface area contributed by atoms with Gasteiger partial charge in [-0.1, -0.05) is 12.1 Å². The highest BCUT2D eigenvalue weighted by Crippen LogP contribution is 2.47. The van der Waals surface area contributed by atoms with Crippen molar-refractivity contribution in [3.63, 3.8) is 0 Å². The number of fused-ring (bicyclic) bond motifs is 1. The van der Waals surface area contributed by atoms with E-state index in [9.17, 15) is 27.9 Å². The summed E-state index contributed by atoms with van der Waals surface area (Å²) in [4.78, 5) is 29.9. The molecule has 222 valence electrons. The van der Waals surface area contributed by atoms with Crippen LogP contribution in [-0.4, -0.2) is 65.4 Å². The normalized spacial score (nSPS) is 24.4. The van der Waals surface area contributed by atoms with E-state index in [0.717, 1.165) is 50.0 Å². The standard InChI is InChI=1S/C31H37F3N2O5/c1-3-40-28(38)23-6-4-5-22(15-23)21-10-13-35(14-11-21)26-9-12-30(17-26,20(2)37)29(39)36-18-24-16-25(31(32,33)34)7-8-27(24)41-19-36/h4-8,15-16,20-21,26,37H,3,9-14,17-19H2,1-2H3/t20-,26+,30?/m0/s1. The highest BCUT2D eigenvalue weighted by Gasteiger charge is 2.52. The second kappa shape index (κ2) is 11.6. The summed E-state index contributed by atoms with van der Waals surface area (Å²) in [6, 6.07) is 11.1. The predicted molar refractivity (Wildman–Crippen MR) is 145 cm³/mol. The summed E-state index contributed by atoms with van der Waals surface area (Å²) < 4.78 is 50.6. The number of carbonyl (C=O) groups excluding carboxylic acids is 2. The first-order valence-corrected chi connectivity index (χ1v) is 14.3. The average molecular weight is 575 g/mol. The summed E-state index contributed by atoms with van der Waals surface area (Å²) in [7, 11) is 0. The predicted octanol–water partition coefficient (Wildman–Crippen LogP) is 5.36. The third kappa shape index (κ3) is 5.95. The lowest BCUT2D eigenvalue weighted by molar-refractivity contribution is -0.153. The molecular formula is C31H37F3N2O5. The van der Waals surface area contributed by atoms with Crippen LogP contribution in [0.3, 0.4) is 0 Å². The van der Waals surface area contributed by atoms with E-state index in [1.807, 2.05) is 18.2 Å². The summed E-state index contributed by atoms with van der Waals surface area (Å²) in [5, 5.41) is 10.9. The second-order valence-electron chi connectivity index (χ2n) is 11.5. The summed E-state index contributed by atoms with van der Waals surface area (Å²) in [6.45, 7) is 5.36. The van der Waals surface area contributed by atoms with Crippen molar-refractivity contribution >= 4 is 11.9 Å². The Kier molecular flexibility index (Phi) is 8.34. The summed E-state index contributed by atoms with van der Waals surface area (Å²) in [6.07, 6.45) is -1.83. The molecular weight excluding hydrogens is 537 g/mol. The number of benzene rings is 2. The topological polar surface area (TPSA) is 79.3 Å². The van der Waals surface area contributed by atoms with E-state index in [0.29, 0.717) is 42.2 Å². The quantitative estimate of drug-likeness (QED) is 0.468. The average Bonchev–Trinajstić information content (AvgIpc) is 3.43. The SMILES string of the molecule is CCOC(=O)c1cccc(C2CCN([C@@H]3CCC(C(=O)N4COc5ccc(C(F)(F)F)cc5C4)([C@H](C)O)C3)CC2)c1. The van der Waals surface area contributed by atoms with Crippen LogP contribution in [-0.2, 0) is 22.3 Å². The number of esters is 1. The Bertz CT molecular complexity index is 1270. The van der Waals surface area contributed by atoms with Crippen molar-refractivity contribution in [2.45, 2.75) is 76.7 Å². The molecule has 0 radical (unpaired) electrons. The molecule has 2 aliphatic heterocycles. The van der Waals surface area contributed by atoms with Gasteiger partial charge in [-0.25, -0.2) is 4.79 Å². The van der Waals surface area contributed by atoms with Crippen molar-refractivity contribution in [1.29, 1.82) is 0 Å². The Labute approximate surface area is 238 Å². The smallest absolute Gasteiger partial charge is 0.416 e. The van der Waals surface area contributed by atoms with Crippen LogP contribution in [0, 0.1) is 5.41 Å². The van der Waals surface area contributed by atoms with Gasteiger partial charge >= 0.3 is 12.1 Å². The first-order chi connectivity index (χ1) is 19.5. The largest absolute Gasteiger partial charge is 0.473 e. The number of ether oxygens (including phenoxy) is 2. The van der Waals surface area contributed by atoms with Gasteiger partial charge in [-0.15, -0.1) is 0 Å². The molecule has 5 rings (SSSR count). The van der Waals surface area contributed by atoms with Gasteiger partial charge in [-0.05, 0) is 101 Å². The molecule has 2 aromatic rings. The molecule has 1 saturated carbocycles. The molecule has 1 unspecified atom stereocenters. The fourth-order valence-electron chi connectivity index (χ4n) is 6.71. The molecule has 0 bridgehead atoms. The van der Waals surface area contributed by atoms with E-state index >= 15 is 0 Å². The maximum atomic E-state index is 13.9. The number of rotatable bonds is 6. The molecule has 3 aliphatic rings. The summed E-state index contributed by atoms with van der Waals surface area (Å²) in [5.41, 5.74) is 0.189. The lowest BCUT2D eigenvalue weighted by atomic mass is 9.79. The zero-order chi connectivity index (χ0) is 29.4. The fraction of sp³-hybridized carbons (Fsp3) is 0.548. The molecule has 7 nitrogen and oxygen atoms in total. The molecule has 1 N–H and O–H groups in total. The van der Waals surface area contributed by atoms with Gasteiger partial charge < -0.3 is 24.4 Å². The van der Waals surface area contributed by atoms with Gasteiger partial charge in [-0.3, -0.25) is 4.79 Å². The van der Waals surface area contributed by atoms with Crippen molar-refractivity contribution < 1.29 is 37.3 Å². The third-order valence-corrected chi connectivity index (χ3v) is 9.08. The maximum absolute atomic E-state index is 13.9. The number of hydrogen-bond acceptors (Lipinski definition) is 6. The molecule has 41 heavy (non-hydrogen) atoms. The number of amides is 1. The number of likely N-dealkylation sites (tertiary alicyclic amines) is 1. The van der Waals surface area contributed by atoms with Crippen molar-refractivity contribution in [3.8, 4) is 5.75 Å². The zero-order valence-corrected chi connectivity index (χ0v) is 23.5. The van der Waals surface area contributed by atoms with Crippen molar-refractivity contribution in [2.24, 2.45) is 5.41 Å². The molecule has 0 aromatic heterocycles. The van der Waals surface area contributed by atoms with Crippen LogP contribution in [0.4, 0.5) is 13.2 Å². The molecule has 2 fully saturated rings. The van der Waals surface area contributed by atoms with Crippen LogP contribution in [0.25, 0.3) is 0 Å². The van der Waals surface area contributed by atoms with Gasteiger partial charge in [0.2, 0.25) is 5.91 Å². The van der Waals surface area contributed by atoms with Gasteiger partial charge in [0.05, 0.1) is 35.8 Å². The second-order valence-corrected chi connectivity index (χ2v) is 11.5. The van der Waals surface area contributed by atoms with Crippen LogP contribution in [0.2, 0.25) is 0 Å². The Morgan fingerprint density at radius 1 is 1.15 bits per heavy atom. The van der Waals surface area contributed by atoms with Gasteiger partial charge in [0, 0.05) is 11.6 Å². The zero-order valence-electron chi connectivity index (χ0n) is 23.5. The monoisotopic (exact) mass is 574 g/mol. The molecule has 2 aromatic carbocycles. The van der Waals surface area contributed by atoms with E-state index in [-0.39, 0.29) is 31.2 Å². The number of aliphatic hydroxyl groups excluding tert-OH is 1. The molecule has 1 aliphatic carbocycles. The van der Waals surface area contributed by atoms with Gasteiger partial charge in [-0.2, -0.15) is 13.2 Å². The molecule has 0 spiro atoms. The Morgan fingerprint density at radius 2 is 1.90 bits per heavy atom. The number of alkyl halides is 3. The summed E-state index contributed by atoms with van der Waals surface area (Å²) >= 11 is 0. The van der Waals surface area contributed by atoms with E-state index in [4.69, 9.17) is 9.47 Å². The van der Waals surface area contributed by atoms with E-state index in [1.54, 1.807) is 19.9 Å². The molecule has 10 heteroatoms. The van der Waals surface area contributed by atoms with Crippen molar-refractivity contribution in [2.75, 3.05) is 26.4 Å². The minimum atomic E-state index is -4.49. The van der Waals surface area contributed by atoms with Crippen LogP contribution in [0.15, 0.2) is 42.5 Å². The minimum Gasteiger partial charge on any atom is -0.473 e. The van der Waals surface area contributed by atoms with Gasteiger partial charge in [0.25, 0.3) is 0 Å². The first kappa shape index (κ1) is 29.4. The van der Waals surface area contributed by atoms with Gasteiger partial charge in [0.15, 0.2) is 6.73 Å². The molecule has 2 heterocycles. The van der Waals surface area contributed by atoms with Crippen LogP contribution in [0.1, 0.15) is 78.9 Å². The van der Waals surface area contributed by atoms with Crippen LogP contribution in [0.5, 0.6) is 5.75 Å². The fourth-order valence-corrected chi connectivity index (χ4v) is 6.71. The van der Waals surface area contributed by atoms with E-state index in [1.165, 1.54) is 11.0 Å². The number of piperidine rings is 1. The van der Waals surface area contributed by atoms with Crippen molar-refractivity contribution in [1.82, 2.24) is 9.80 Å². The molecule has 1 amide bonds. The highest BCUT2D eigenvalue weighted by atomic mass is 19.4. The number of nitrogens with zero attached hydrogens (tertiary/aromatic N) is 2. The first-order valence-electron chi connectivity index (χ1n) is 14.3. The Balaban J connectivity index is 1.23. The van der Waals surface area contributed by atoms with Gasteiger partial charge in [0.1, 0.15) is 5.75 Å². The van der Waals surface area contributed by atoms with E-state index < -0.39 is 23.3 Å². The van der Waals surface area contributed by atoms with Crippen LogP contribution < -0.4 is 4.74 Å². The summed E-state index contributed by atoms with van der Waals surface area (Å²) in [5.74, 6) is 0.0643. The lowest BCUT2D eigenvalue weighted by Crippen LogP contribution is -2.51.